The van der Waals surface area contributed by atoms with Gasteiger partial charge in [-0.3, -0.25) is 0 Å². The Bertz CT molecular complexity index is 3630. The first-order chi connectivity index (χ1) is 41.7. The van der Waals surface area contributed by atoms with Crippen LogP contribution in [0.4, 0.5) is 34.1 Å². The molecule has 5 heteroatoms. The summed E-state index contributed by atoms with van der Waals surface area (Å²) in [6, 6.07) is 47.0. The van der Waals surface area contributed by atoms with E-state index in [2.05, 4.69) is 347 Å². The van der Waals surface area contributed by atoms with Crippen molar-refractivity contribution in [2.75, 3.05) is 9.80 Å². The smallest absolute Gasteiger partial charge is 0.0943 e. The van der Waals surface area contributed by atoms with Crippen molar-refractivity contribution >= 4 is 96.9 Å². The van der Waals surface area contributed by atoms with Gasteiger partial charge in [0.1, 0.15) is 0 Å². The number of fused-ring (bicyclic) bond motifs is 2. The first kappa shape index (κ1) is 73.7. The van der Waals surface area contributed by atoms with Crippen LogP contribution >= 0.6 is 0 Å². The second-order valence-corrected chi connectivity index (χ2v) is 51.3. The van der Waals surface area contributed by atoms with Crippen molar-refractivity contribution in [3.05, 3.63) is 148 Å². The average Bonchev–Trinajstić information content (AvgIpc) is 0.741. The van der Waals surface area contributed by atoms with Gasteiger partial charge in [0.2, 0.25) is 0 Å². The second-order valence-electron chi connectivity index (χ2n) is 36.6. The van der Waals surface area contributed by atoms with Crippen LogP contribution in [0.3, 0.4) is 0 Å². The van der Waals surface area contributed by atoms with Crippen molar-refractivity contribution in [3.8, 4) is 0 Å². The highest BCUT2D eigenvalue weighted by atomic mass is 28.3. The number of hydrogen-bond acceptors (Lipinski definition) is 2. The van der Waals surface area contributed by atoms with Crippen LogP contribution in [0.1, 0.15) is 273 Å². The maximum absolute atomic E-state index is 2.85. The number of rotatable bonds is 19. The van der Waals surface area contributed by atoms with E-state index in [1.54, 1.807) is 15.6 Å². The maximum Gasteiger partial charge on any atom is 0.0943 e. The van der Waals surface area contributed by atoms with Gasteiger partial charge in [-0.15, -0.1) is 0 Å². The standard InChI is InChI=1S/C86H130N2Si3/c1-34-39-86(32,33)67-43-66(85(29,30)31)46-70(47-67)87(68-40-61(16)41-72(50-68)89(54(2)3)55(4)5)79-75-37-35-63(82(20,21)22)49-78(75)80(76-38-36-62(48-77(76)79)81(17,18)19)88(69-44-64(83(23,24)25)42-65(45-69)84(26,27)28)71-51-73(90(56(6)7)57(8)9)53-74(52-71)91(58(10)11,59(12)13)60(14)15/h35-38,40-60,89-90H,34,39H2,1-33H3. The third-order valence-corrected chi connectivity index (χ3v) is 36.4. The monoisotopic (exact) mass is 1270 g/mol. The largest absolute Gasteiger partial charge is 0.309 e. The lowest BCUT2D eigenvalue weighted by atomic mass is 9.77. The van der Waals surface area contributed by atoms with Crippen LogP contribution in [0.25, 0.3) is 21.5 Å². The molecule has 7 aromatic carbocycles. The predicted molar refractivity (Wildman–Crippen MR) is 422 cm³/mol. The molecular weight excluding hydrogens is 1150 g/mol. The zero-order chi connectivity index (χ0) is 68.5. The fraction of sp³-hybridized carbons (Fsp3) is 0.558. The van der Waals surface area contributed by atoms with Crippen LogP contribution in [-0.2, 0) is 32.5 Å². The van der Waals surface area contributed by atoms with Crippen LogP contribution < -0.4 is 25.4 Å². The molecule has 7 aromatic rings. The first-order valence-electron chi connectivity index (χ1n) is 35.9. The summed E-state index contributed by atoms with van der Waals surface area (Å²) in [6.45, 7) is 81.5. The van der Waals surface area contributed by atoms with Gasteiger partial charge in [0.25, 0.3) is 0 Å². The molecule has 496 valence electrons. The summed E-state index contributed by atoms with van der Waals surface area (Å²) in [7, 11) is -5.33. The molecule has 0 heterocycles. The van der Waals surface area contributed by atoms with E-state index in [1.165, 1.54) is 94.6 Å². The van der Waals surface area contributed by atoms with E-state index in [0.717, 1.165) is 12.8 Å². The predicted octanol–water partition coefficient (Wildman–Crippen LogP) is 25.2. The zero-order valence-corrected chi connectivity index (χ0v) is 67.7. The minimum absolute atomic E-state index is 0.0496. The van der Waals surface area contributed by atoms with Gasteiger partial charge >= 0.3 is 0 Å². The topological polar surface area (TPSA) is 6.48 Å². The van der Waals surface area contributed by atoms with Gasteiger partial charge in [-0.05, 0) is 184 Å². The summed E-state index contributed by atoms with van der Waals surface area (Å²) in [4.78, 5) is 5.64. The van der Waals surface area contributed by atoms with Crippen LogP contribution in [0, 0.1) is 6.92 Å². The number of aryl methyl sites for hydroxylation is 1. The molecule has 0 bridgehead atoms. The lowest BCUT2D eigenvalue weighted by molar-refractivity contribution is 0.471. The van der Waals surface area contributed by atoms with E-state index in [0.29, 0.717) is 38.8 Å². The summed E-state index contributed by atoms with van der Waals surface area (Å²) in [6.07, 6.45) is 2.23. The van der Waals surface area contributed by atoms with Gasteiger partial charge in [0, 0.05) is 44.3 Å². The lowest BCUT2D eigenvalue weighted by Crippen LogP contribution is -2.57. The summed E-state index contributed by atoms with van der Waals surface area (Å²) < 4.78 is 0. The lowest BCUT2D eigenvalue weighted by Gasteiger charge is -2.45. The van der Waals surface area contributed by atoms with Crippen molar-refractivity contribution in [2.45, 2.75) is 313 Å². The number of hydrogen-bond donors (Lipinski definition) is 0. The fourth-order valence-electron chi connectivity index (χ4n) is 16.8. The molecule has 0 radical (unpaired) electrons. The summed E-state index contributed by atoms with van der Waals surface area (Å²) in [5, 5.41) is 9.94. The van der Waals surface area contributed by atoms with E-state index >= 15 is 0 Å². The van der Waals surface area contributed by atoms with Crippen molar-refractivity contribution in [3.63, 3.8) is 0 Å². The Labute approximate surface area is 563 Å². The van der Waals surface area contributed by atoms with Crippen molar-refractivity contribution < 1.29 is 0 Å². The quantitative estimate of drug-likeness (QED) is 0.0452. The Hall–Kier alpha value is -4.69. The molecule has 0 saturated carbocycles. The molecule has 2 nitrogen and oxygen atoms in total. The SMILES string of the molecule is CCCC(C)(C)c1cc(N(c2cc(C)cc([SiH](C(C)C)C(C)C)c2)c2c3ccc(C(C)(C)C)cc3c(N(c3cc(C(C)(C)C)cc(C(C)(C)C)c3)c3cc([SiH](C(C)C)C(C)C)cc([Si](C(C)C)(C(C)C)C(C)C)c3)c3ccc(C(C)(C)C)cc23)cc(C(C)(C)C)c1. The van der Waals surface area contributed by atoms with Gasteiger partial charge in [-0.1, -0.05) is 292 Å². The van der Waals surface area contributed by atoms with Crippen LogP contribution in [0.2, 0.25) is 38.8 Å². The Kier molecular flexibility index (Phi) is 21.7. The van der Waals surface area contributed by atoms with Gasteiger partial charge < -0.3 is 9.80 Å². The van der Waals surface area contributed by atoms with Crippen molar-refractivity contribution in [2.24, 2.45) is 0 Å². The Morgan fingerprint density at radius 2 is 0.659 bits per heavy atom. The Balaban J connectivity index is 1.93. The molecule has 0 aliphatic rings. The molecule has 0 amide bonds. The van der Waals surface area contributed by atoms with Crippen LogP contribution in [0.15, 0.2) is 109 Å². The highest BCUT2D eigenvalue weighted by molar-refractivity contribution is 6.95. The molecular formula is C86H130N2Si3. The minimum atomic E-state index is -2.26. The van der Waals surface area contributed by atoms with Gasteiger partial charge in [0.15, 0.2) is 0 Å². The molecule has 0 fully saturated rings. The van der Waals surface area contributed by atoms with E-state index in [1.807, 2.05) is 0 Å². The molecule has 0 spiro atoms. The maximum atomic E-state index is 2.85. The van der Waals surface area contributed by atoms with Gasteiger partial charge in [0.05, 0.1) is 37.0 Å². The van der Waals surface area contributed by atoms with Crippen molar-refractivity contribution in [1.29, 1.82) is 0 Å². The third-order valence-electron chi connectivity index (χ3n) is 21.4. The number of benzene rings is 7. The highest BCUT2D eigenvalue weighted by Gasteiger charge is 2.46. The fourth-order valence-corrected chi connectivity index (χ4v) is 31.4. The molecule has 0 aliphatic carbocycles. The van der Waals surface area contributed by atoms with Gasteiger partial charge in [-0.2, -0.15) is 0 Å². The van der Waals surface area contributed by atoms with E-state index < -0.39 is 25.7 Å². The third kappa shape index (κ3) is 15.2. The zero-order valence-electron chi connectivity index (χ0n) is 64.4. The Morgan fingerprint density at radius 1 is 0.341 bits per heavy atom. The summed E-state index contributed by atoms with van der Waals surface area (Å²) >= 11 is 0. The molecule has 0 atom stereocenters. The molecule has 0 unspecified atom stereocenters. The average molecular weight is 1280 g/mol. The van der Waals surface area contributed by atoms with E-state index in [-0.39, 0.29) is 32.5 Å². The first-order valence-corrected chi connectivity index (χ1v) is 42.0. The second kappa shape index (κ2) is 26.8. The van der Waals surface area contributed by atoms with Crippen molar-refractivity contribution in [1.82, 2.24) is 0 Å². The van der Waals surface area contributed by atoms with Crippen LogP contribution in [-0.4, -0.2) is 25.7 Å². The molecule has 0 aliphatic heterocycles. The molecule has 0 aromatic heterocycles. The minimum Gasteiger partial charge on any atom is -0.309 e. The van der Waals surface area contributed by atoms with Gasteiger partial charge in [-0.25, -0.2) is 0 Å². The molecule has 7 rings (SSSR count). The summed E-state index contributed by atoms with van der Waals surface area (Å²) in [5.74, 6) is 0. The number of anilines is 6. The van der Waals surface area contributed by atoms with E-state index in [4.69, 9.17) is 0 Å². The van der Waals surface area contributed by atoms with E-state index in [9.17, 15) is 0 Å². The molecule has 0 N–H and O–H groups in total. The van der Waals surface area contributed by atoms with Crippen LogP contribution in [0.5, 0.6) is 0 Å². The molecule has 91 heavy (non-hydrogen) atoms. The Morgan fingerprint density at radius 3 is 0.989 bits per heavy atom. The molecule has 0 saturated heterocycles. The number of nitrogens with zero attached hydrogens (tertiary/aromatic N) is 2. The summed E-state index contributed by atoms with van der Waals surface area (Å²) in [5.41, 5.74) is 20.5. The highest BCUT2D eigenvalue weighted by Crippen LogP contribution is 2.55. The normalized spacial score (nSPS) is 13.6.